The molecule has 0 atom stereocenters. The van der Waals surface area contributed by atoms with Crippen molar-refractivity contribution in [1.82, 2.24) is 9.62 Å². The van der Waals surface area contributed by atoms with Gasteiger partial charge in [-0.25, -0.2) is 12.8 Å². The van der Waals surface area contributed by atoms with Crippen molar-refractivity contribution in [3.8, 4) is 0 Å². The van der Waals surface area contributed by atoms with E-state index in [4.69, 9.17) is 16.3 Å². The van der Waals surface area contributed by atoms with Crippen molar-refractivity contribution < 1.29 is 22.3 Å². The number of benzene rings is 1. The Morgan fingerprint density at radius 1 is 1.27 bits per heavy atom. The number of hydrogen-bond acceptors (Lipinski definition) is 5. The van der Waals surface area contributed by atoms with Gasteiger partial charge in [-0.1, -0.05) is 11.6 Å². The first kappa shape index (κ1) is 19.2. The number of hydrogen-bond donors (Lipinski definition) is 1. The Balaban J connectivity index is 1.66. The van der Waals surface area contributed by atoms with Gasteiger partial charge in [0, 0.05) is 18.0 Å². The maximum Gasteiger partial charge on any atom is 0.253 e. The number of sulfonamides is 1. The number of amides is 1. The Morgan fingerprint density at radius 2 is 2.00 bits per heavy atom. The van der Waals surface area contributed by atoms with E-state index in [1.807, 2.05) is 0 Å². The zero-order valence-electron chi connectivity index (χ0n) is 13.6. The predicted molar refractivity (Wildman–Crippen MR) is 96.5 cm³/mol. The molecule has 0 radical (unpaired) electrons. The van der Waals surface area contributed by atoms with Gasteiger partial charge >= 0.3 is 0 Å². The molecule has 0 spiro atoms. The molecule has 10 heteroatoms. The Hall–Kier alpha value is -1.52. The highest BCUT2D eigenvalue weighted by Crippen LogP contribution is 2.26. The molecular formula is C16H16ClFN2O4S2. The van der Waals surface area contributed by atoms with E-state index in [9.17, 15) is 17.6 Å². The third-order valence-corrected chi connectivity index (χ3v) is 7.56. The molecule has 6 nitrogen and oxygen atoms in total. The Kier molecular flexibility index (Phi) is 5.93. The van der Waals surface area contributed by atoms with Gasteiger partial charge in [0.05, 0.1) is 30.3 Å². The largest absolute Gasteiger partial charge is 0.379 e. The second kappa shape index (κ2) is 8.01. The van der Waals surface area contributed by atoms with Gasteiger partial charge in [-0.05, 0) is 30.3 Å². The molecule has 0 saturated carbocycles. The highest BCUT2D eigenvalue weighted by Gasteiger charge is 2.27. The lowest BCUT2D eigenvalue weighted by atomic mass is 10.2. The van der Waals surface area contributed by atoms with Crippen molar-refractivity contribution in [3.05, 3.63) is 51.6 Å². The molecule has 2 aromatic rings. The first-order valence-electron chi connectivity index (χ1n) is 7.78. The molecule has 1 aromatic heterocycles. The first-order chi connectivity index (χ1) is 12.4. The summed E-state index contributed by atoms with van der Waals surface area (Å²) < 4.78 is 45.0. The van der Waals surface area contributed by atoms with E-state index >= 15 is 0 Å². The quantitative estimate of drug-likeness (QED) is 0.809. The summed E-state index contributed by atoms with van der Waals surface area (Å²) in [6.45, 7) is 1.57. The number of rotatable bonds is 5. The van der Waals surface area contributed by atoms with Crippen LogP contribution in [-0.4, -0.2) is 44.9 Å². The van der Waals surface area contributed by atoms with Crippen LogP contribution in [0.15, 0.2) is 34.5 Å². The Labute approximate surface area is 159 Å². The van der Waals surface area contributed by atoms with E-state index < -0.39 is 21.7 Å². The molecule has 0 aliphatic carbocycles. The number of ether oxygens (including phenoxy) is 1. The van der Waals surface area contributed by atoms with E-state index in [2.05, 4.69) is 5.32 Å². The molecule has 0 unspecified atom stereocenters. The van der Waals surface area contributed by atoms with Crippen molar-refractivity contribution in [2.75, 3.05) is 26.3 Å². The summed E-state index contributed by atoms with van der Waals surface area (Å²) >= 11 is 6.96. The number of morpholine rings is 1. The lowest BCUT2D eigenvalue weighted by Gasteiger charge is -2.25. The Bertz CT molecular complexity index is 911. The van der Waals surface area contributed by atoms with Crippen molar-refractivity contribution >= 4 is 38.9 Å². The minimum absolute atomic E-state index is 0.0178. The SMILES string of the molecule is O=C(NCc1ccc(S(=O)(=O)N2CCOCC2)s1)c1ccc(F)cc1Cl. The fourth-order valence-electron chi connectivity index (χ4n) is 2.44. The molecule has 3 rings (SSSR count). The molecule has 2 heterocycles. The monoisotopic (exact) mass is 418 g/mol. The number of halogens is 2. The van der Waals surface area contributed by atoms with Crippen molar-refractivity contribution in [2.24, 2.45) is 0 Å². The summed E-state index contributed by atoms with van der Waals surface area (Å²) in [5, 5.41) is 2.67. The fraction of sp³-hybridized carbons (Fsp3) is 0.312. The van der Waals surface area contributed by atoms with Crippen molar-refractivity contribution in [3.63, 3.8) is 0 Å². The maximum atomic E-state index is 13.0. The number of thiophene rings is 1. The first-order valence-corrected chi connectivity index (χ1v) is 10.4. The molecular weight excluding hydrogens is 403 g/mol. The summed E-state index contributed by atoms with van der Waals surface area (Å²) in [5.41, 5.74) is 0.158. The molecule has 26 heavy (non-hydrogen) atoms. The minimum Gasteiger partial charge on any atom is -0.379 e. The summed E-state index contributed by atoms with van der Waals surface area (Å²) in [6.07, 6.45) is 0. The molecule has 0 bridgehead atoms. The van der Waals surface area contributed by atoms with Crippen LogP contribution in [0.4, 0.5) is 4.39 Å². The third-order valence-electron chi connectivity index (χ3n) is 3.80. The van der Waals surface area contributed by atoms with Gasteiger partial charge in [-0.2, -0.15) is 4.31 Å². The van der Waals surface area contributed by atoms with Crippen LogP contribution in [0.5, 0.6) is 0 Å². The molecule has 1 amide bonds. The number of carbonyl (C=O) groups is 1. The van der Waals surface area contributed by atoms with E-state index in [0.29, 0.717) is 31.2 Å². The summed E-state index contributed by atoms with van der Waals surface area (Å²) in [6, 6.07) is 6.70. The normalized spacial score (nSPS) is 15.8. The molecule has 140 valence electrons. The average molecular weight is 419 g/mol. The summed E-state index contributed by atoms with van der Waals surface area (Å²) in [4.78, 5) is 12.8. The number of carbonyl (C=O) groups excluding carboxylic acids is 1. The van der Waals surface area contributed by atoms with Crippen LogP contribution in [0.1, 0.15) is 15.2 Å². The molecule has 1 aliphatic heterocycles. The fourth-order valence-corrected chi connectivity index (χ4v) is 5.55. The van der Waals surface area contributed by atoms with Gasteiger partial charge < -0.3 is 10.1 Å². The van der Waals surface area contributed by atoms with Gasteiger partial charge in [0.25, 0.3) is 15.9 Å². The summed E-state index contributed by atoms with van der Waals surface area (Å²) in [7, 11) is -3.55. The van der Waals surface area contributed by atoms with Crippen LogP contribution in [0.2, 0.25) is 5.02 Å². The average Bonchev–Trinajstić information content (AvgIpc) is 3.10. The molecule has 1 aliphatic rings. The predicted octanol–water partition coefficient (Wildman–Crippen LogP) is 2.49. The Morgan fingerprint density at radius 3 is 2.69 bits per heavy atom. The zero-order valence-corrected chi connectivity index (χ0v) is 16.0. The van der Waals surface area contributed by atoms with Crippen molar-refractivity contribution in [1.29, 1.82) is 0 Å². The minimum atomic E-state index is -3.55. The van der Waals surface area contributed by atoms with E-state index in [1.165, 1.54) is 16.4 Å². The van der Waals surface area contributed by atoms with Crippen LogP contribution in [-0.2, 0) is 21.3 Å². The van der Waals surface area contributed by atoms with Gasteiger partial charge in [0.15, 0.2) is 0 Å². The summed E-state index contributed by atoms with van der Waals surface area (Å²) in [5.74, 6) is -0.983. The van der Waals surface area contributed by atoms with Gasteiger partial charge in [0.1, 0.15) is 10.0 Å². The van der Waals surface area contributed by atoms with Gasteiger partial charge in [-0.15, -0.1) is 11.3 Å². The zero-order chi connectivity index (χ0) is 18.7. The second-order valence-electron chi connectivity index (χ2n) is 5.54. The van der Waals surface area contributed by atoms with Crippen LogP contribution < -0.4 is 5.32 Å². The number of nitrogens with zero attached hydrogens (tertiary/aromatic N) is 1. The van der Waals surface area contributed by atoms with Crippen molar-refractivity contribution in [2.45, 2.75) is 10.8 Å². The topological polar surface area (TPSA) is 75.7 Å². The standard InChI is InChI=1S/C16H16ClFN2O4S2/c17-14-9-11(18)1-3-13(14)16(21)19-10-12-2-4-15(25-12)26(22,23)20-5-7-24-8-6-20/h1-4,9H,5-8,10H2,(H,19,21). The molecule has 1 N–H and O–H groups in total. The second-order valence-corrected chi connectivity index (χ2v) is 9.28. The lowest BCUT2D eigenvalue weighted by Crippen LogP contribution is -2.40. The van der Waals surface area contributed by atoms with Gasteiger partial charge in [-0.3, -0.25) is 4.79 Å². The van der Waals surface area contributed by atoms with Crippen LogP contribution in [0.25, 0.3) is 0 Å². The highest BCUT2D eigenvalue weighted by molar-refractivity contribution is 7.91. The molecule has 1 aromatic carbocycles. The number of nitrogens with one attached hydrogen (secondary N) is 1. The molecule has 1 fully saturated rings. The van der Waals surface area contributed by atoms with Crippen LogP contribution in [0, 0.1) is 5.82 Å². The van der Waals surface area contributed by atoms with E-state index in [-0.39, 0.29) is 21.3 Å². The maximum absolute atomic E-state index is 13.0. The smallest absolute Gasteiger partial charge is 0.253 e. The van der Waals surface area contributed by atoms with E-state index in [1.54, 1.807) is 6.07 Å². The van der Waals surface area contributed by atoms with Gasteiger partial charge in [0.2, 0.25) is 0 Å². The third kappa shape index (κ3) is 4.24. The highest BCUT2D eigenvalue weighted by atomic mass is 35.5. The van der Waals surface area contributed by atoms with E-state index in [0.717, 1.165) is 23.5 Å². The molecule has 1 saturated heterocycles. The lowest BCUT2D eigenvalue weighted by molar-refractivity contribution is 0.0731. The van der Waals surface area contributed by atoms with Crippen LogP contribution >= 0.6 is 22.9 Å². The van der Waals surface area contributed by atoms with Crippen LogP contribution in [0.3, 0.4) is 0 Å².